The molecule has 102 valence electrons. The van der Waals surface area contributed by atoms with Crippen LogP contribution in [0.1, 0.15) is 19.8 Å². The molecule has 0 atom stereocenters. The van der Waals surface area contributed by atoms with Gasteiger partial charge in [-0.2, -0.15) is 0 Å². The van der Waals surface area contributed by atoms with E-state index in [2.05, 4.69) is 11.9 Å². The quantitative estimate of drug-likeness (QED) is 0.383. The molecule has 0 aliphatic rings. The minimum absolute atomic E-state index is 0.183. The molecule has 2 N–H and O–H groups in total. The first kappa shape index (κ1) is 14.1. The number of unbranched alkanes of at least 4 members (excludes halogenated alkanes) is 1. The van der Waals surface area contributed by atoms with Crippen molar-refractivity contribution in [3.05, 3.63) is 18.2 Å². The maximum absolute atomic E-state index is 11.5. The van der Waals surface area contributed by atoms with Gasteiger partial charge in [0.1, 0.15) is 0 Å². The SMILES string of the molecule is CCCCOC(=O)CSc1nc2ccc(N)cc2s1. The number of carbonyl (C=O) groups excluding carboxylic acids is 1. The topological polar surface area (TPSA) is 65.2 Å². The zero-order chi connectivity index (χ0) is 13.7. The zero-order valence-electron chi connectivity index (χ0n) is 10.7. The lowest BCUT2D eigenvalue weighted by molar-refractivity contribution is -0.140. The van der Waals surface area contributed by atoms with E-state index >= 15 is 0 Å². The summed E-state index contributed by atoms with van der Waals surface area (Å²) in [6.07, 6.45) is 1.94. The van der Waals surface area contributed by atoms with E-state index in [1.165, 1.54) is 11.8 Å². The molecule has 0 spiro atoms. The lowest BCUT2D eigenvalue weighted by Crippen LogP contribution is -2.08. The molecule has 4 nitrogen and oxygen atoms in total. The highest BCUT2D eigenvalue weighted by atomic mass is 32.2. The van der Waals surface area contributed by atoms with Crippen molar-refractivity contribution in [3.8, 4) is 0 Å². The molecule has 0 radical (unpaired) electrons. The number of nitrogens with two attached hydrogens (primary N) is 1. The van der Waals surface area contributed by atoms with E-state index in [9.17, 15) is 4.79 Å². The fourth-order valence-electron chi connectivity index (χ4n) is 1.47. The lowest BCUT2D eigenvalue weighted by atomic mass is 10.3. The van der Waals surface area contributed by atoms with Crippen LogP contribution in [-0.4, -0.2) is 23.3 Å². The van der Waals surface area contributed by atoms with Crippen molar-refractivity contribution in [2.45, 2.75) is 24.1 Å². The summed E-state index contributed by atoms with van der Waals surface area (Å²) in [5.74, 6) is 0.121. The number of anilines is 1. The van der Waals surface area contributed by atoms with E-state index in [0.717, 1.165) is 33.1 Å². The van der Waals surface area contributed by atoms with E-state index in [4.69, 9.17) is 10.5 Å². The number of hydrogen-bond donors (Lipinski definition) is 1. The van der Waals surface area contributed by atoms with Crippen LogP contribution in [0.3, 0.4) is 0 Å². The molecule has 1 aromatic heterocycles. The summed E-state index contributed by atoms with van der Waals surface area (Å²) < 4.78 is 7.01. The second-order valence-corrected chi connectivity index (χ2v) is 6.32. The maximum atomic E-state index is 11.5. The number of thiazole rings is 1. The molecule has 0 aliphatic carbocycles. The number of ether oxygens (including phenoxy) is 1. The molecule has 0 saturated carbocycles. The number of nitrogens with zero attached hydrogens (tertiary/aromatic N) is 1. The minimum atomic E-state index is -0.183. The molecule has 1 aromatic carbocycles. The second-order valence-electron chi connectivity index (χ2n) is 4.07. The van der Waals surface area contributed by atoms with Gasteiger partial charge in [0, 0.05) is 5.69 Å². The number of fused-ring (bicyclic) bond motifs is 1. The summed E-state index contributed by atoms with van der Waals surface area (Å²) in [5, 5.41) is 0. The van der Waals surface area contributed by atoms with Crippen LogP contribution >= 0.6 is 23.1 Å². The van der Waals surface area contributed by atoms with Gasteiger partial charge in [-0.1, -0.05) is 25.1 Å². The third-order valence-electron chi connectivity index (χ3n) is 2.47. The predicted molar refractivity (Wildman–Crippen MR) is 80.6 cm³/mol. The molecule has 0 unspecified atom stereocenters. The van der Waals surface area contributed by atoms with Crippen LogP contribution in [0, 0.1) is 0 Å². The number of hydrogen-bond acceptors (Lipinski definition) is 6. The van der Waals surface area contributed by atoms with Crippen LogP contribution in [0.5, 0.6) is 0 Å². The molecule has 0 aliphatic heterocycles. The van der Waals surface area contributed by atoms with Gasteiger partial charge in [-0.15, -0.1) is 11.3 Å². The number of nitrogen functional groups attached to an aromatic ring is 1. The van der Waals surface area contributed by atoms with Gasteiger partial charge in [0.05, 0.1) is 22.6 Å². The first-order valence-electron chi connectivity index (χ1n) is 6.13. The molecule has 19 heavy (non-hydrogen) atoms. The summed E-state index contributed by atoms with van der Waals surface area (Å²) in [4.78, 5) is 15.9. The van der Waals surface area contributed by atoms with Gasteiger partial charge >= 0.3 is 5.97 Å². The summed E-state index contributed by atoms with van der Waals surface area (Å²) in [6.45, 7) is 2.57. The molecule has 1 heterocycles. The molecule has 2 aromatic rings. The van der Waals surface area contributed by atoms with Gasteiger partial charge in [0.15, 0.2) is 4.34 Å². The highest BCUT2D eigenvalue weighted by molar-refractivity contribution is 8.01. The summed E-state index contributed by atoms with van der Waals surface area (Å²) in [6, 6.07) is 5.62. The highest BCUT2D eigenvalue weighted by Crippen LogP contribution is 2.30. The summed E-state index contributed by atoms with van der Waals surface area (Å²) >= 11 is 2.96. The second kappa shape index (κ2) is 6.77. The Balaban J connectivity index is 1.89. The van der Waals surface area contributed by atoms with E-state index in [1.807, 2.05) is 18.2 Å². The Labute approximate surface area is 120 Å². The molecular formula is C13H16N2O2S2. The van der Waals surface area contributed by atoms with Crippen LogP contribution in [0.4, 0.5) is 5.69 Å². The first-order chi connectivity index (χ1) is 9.19. The molecule has 2 rings (SSSR count). The smallest absolute Gasteiger partial charge is 0.316 e. The molecule has 0 saturated heterocycles. The van der Waals surface area contributed by atoms with Crippen LogP contribution in [0.25, 0.3) is 10.2 Å². The summed E-state index contributed by atoms with van der Waals surface area (Å²) in [7, 11) is 0. The third kappa shape index (κ3) is 4.11. The fraction of sp³-hybridized carbons (Fsp3) is 0.385. The molecule has 0 amide bonds. The molecule has 6 heteroatoms. The number of thioether (sulfide) groups is 1. The maximum Gasteiger partial charge on any atom is 0.316 e. The van der Waals surface area contributed by atoms with Crippen molar-refractivity contribution in [3.63, 3.8) is 0 Å². The van der Waals surface area contributed by atoms with E-state index in [0.29, 0.717) is 12.4 Å². The van der Waals surface area contributed by atoms with Crippen molar-refractivity contribution in [1.82, 2.24) is 4.98 Å². The average molecular weight is 296 g/mol. The van der Waals surface area contributed by atoms with Gasteiger partial charge < -0.3 is 10.5 Å². The Morgan fingerprint density at radius 3 is 3.16 bits per heavy atom. The predicted octanol–water partition coefficient (Wildman–Crippen LogP) is 3.31. The van der Waals surface area contributed by atoms with Gasteiger partial charge in [-0.3, -0.25) is 4.79 Å². The van der Waals surface area contributed by atoms with E-state index in [1.54, 1.807) is 11.3 Å². The Kier molecular flexibility index (Phi) is 5.04. The van der Waals surface area contributed by atoms with Crippen molar-refractivity contribution in [2.75, 3.05) is 18.1 Å². The number of rotatable bonds is 6. The monoisotopic (exact) mass is 296 g/mol. The Morgan fingerprint density at radius 1 is 1.53 bits per heavy atom. The highest BCUT2D eigenvalue weighted by Gasteiger charge is 2.08. The van der Waals surface area contributed by atoms with Crippen LogP contribution < -0.4 is 5.73 Å². The lowest BCUT2D eigenvalue weighted by Gasteiger charge is -2.01. The molecular weight excluding hydrogens is 280 g/mol. The Bertz CT molecular complexity index is 569. The Morgan fingerprint density at radius 2 is 2.37 bits per heavy atom. The third-order valence-corrected chi connectivity index (χ3v) is 4.60. The van der Waals surface area contributed by atoms with Crippen LogP contribution in [0.2, 0.25) is 0 Å². The van der Waals surface area contributed by atoms with Crippen molar-refractivity contribution < 1.29 is 9.53 Å². The normalized spacial score (nSPS) is 10.8. The number of carbonyl (C=O) groups is 1. The van der Waals surface area contributed by atoms with Crippen molar-refractivity contribution >= 4 is 45.0 Å². The largest absolute Gasteiger partial charge is 0.465 e. The molecule has 0 bridgehead atoms. The van der Waals surface area contributed by atoms with Crippen molar-refractivity contribution in [1.29, 1.82) is 0 Å². The van der Waals surface area contributed by atoms with Crippen LogP contribution in [0.15, 0.2) is 22.5 Å². The molecule has 0 fully saturated rings. The van der Waals surface area contributed by atoms with Gasteiger partial charge in [0.25, 0.3) is 0 Å². The number of benzene rings is 1. The minimum Gasteiger partial charge on any atom is -0.465 e. The zero-order valence-corrected chi connectivity index (χ0v) is 12.4. The van der Waals surface area contributed by atoms with E-state index < -0.39 is 0 Å². The fourth-order valence-corrected chi connectivity index (χ4v) is 3.39. The average Bonchev–Trinajstić information content (AvgIpc) is 2.78. The standard InChI is InChI=1S/C13H16N2O2S2/c1-2-3-6-17-12(16)8-18-13-15-10-5-4-9(14)7-11(10)19-13/h4-5,7H,2-3,6,8,14H2,1H3. The van der Waals surface area contributed by atoms with Crippen LogP contribution in [-0.2, 0) is 9.53 Å². The van der Waals surface area contributed by atoms with E-state index in [-0.39, 0.29) is 5.97 Å². The summed E-state index contributed by atoms with van der Waals surface area (Å²) in [5.41, 5.74) is 7.37. The first-order valence-corrected chi connectivity index (χ1v) is 7.93. The van der Waals surface area contributed by atoms with Gasteiger partial charge in [-0.05, 0) is 24.6 Å². The van der Waals surface area contributed by atoms with Gasteiger partial charge in [-0.25, -0.2) is 4.98 Å². The number of esters is 1. The number of aromatic nitrogens is 1. The van der Waals surface area contributed by atoms with Gasteiger partial charge in [0.2, 0.25) is 0 Å². The van der Waals surface area contributed by atoms with Crippen molar-refractivity contribution in [2.24, 2.45) is 0 Å². The Hall–Kier alpha value is -1.27.